The summed E-state index contributed by atoms with van der Waals surface area (Å²) in [6.07, 6.45) is 1.49. The summed E-state index contributed by atoms with van der Waals surface area (Å²) in [5.41, 5.74) is 1.75. The van der Waals surface area contributed by atoms with E-state index in [-0.39, 0.29) is 24.3 Å². The van der Waals surface area contributed by atoms with Gasteiger partial charge in [-0.1, -0.05) is 36.4 Å². The lowest BCUT2D eigenvalue weighted by Gasteiger charge is -2.43. The van der Waals surface area contributed by atoms with E-state index < -0.39 is 0 Å². The summed E-state index contributed by atoms with van der Waals surface area (Å²) in [5, 5.41) is 0. The van der Waals surface area contributed by atoms with E-state index >= 15 is 0 Å². The van der Waals surface area contributed by atoms with Crippen LogP contribution >= 0.6 is 0 Å². The summed E-state index contributed by atoms with van der Waals surface area (Å²) in [5.74, 6) is 1.52. The lowest BCUT2D eigenvalue weighted by Crippen LogP contribution is -2.56. The first-order valence-electron chi connectivity index (χ1n) is 9.80. The van der Waals surface area contributed by atoms with Crippen molar-refractivity contribution in [3.8, 4) is 11.5 Å². The van der Waals surface area contributed by atoms with Gasteiger partial charge >= 0.3 is 0 Å². The highest BCUT2D eigenvalue weighted by Crippen LogP contribution is 2.24. The number of para-hydroxylation sites is 2. The number of rotatable bonds is 8. The molecule has 2 aromatic carbocycles. The number of likely N-dealkylation sites (tertiary alicyclic amines) is 1. The minimum absolute atomic E-state index is 0.0125. The van der Waals surface area contributed by atoms with Gasteiger partial charge in [-0.15, -0.1) is 0 Å². The minimum atomic E-state index is 0.0125. The van der Waals surface area contributed by atoms with Gasteiger partial charge in [0.25, 0.3) is 0 Å². The van der Waals surface area contributed by atoms with E-state index in [2.05, 4.69) is 0 Å². The Morgan fingerprint density at radius 3 is 2.03 bits per heavy atom. The van der Waals surface area contributed by atoms with Crippen LogP contribution in [0.2, 0.25) is 0 Å². The van der Waals surface area contributed by atoms with Gasteiger partial charge < -0.3 is 19.3 Å². The molecule has 29 heavy (non-hydrogen) atoms. The van der Waals surface area contributed by atoms with Gasteiger partial charge in [-0.3, -0.25) is 9.59 Å². The number of benzene rings is 2. The maximum absolute atomic E-state index is 12.7. The molecule has 0 aromatic heterocycles. The number of methoxy groups -OCH3 is 2. The molecule has 1 aliphatic heterocycles. The smallest absolute Gasteiger partial charge is 0.227 e. The van der Waals surface area contributed by atoms with Gasteiger partial charge in [-0.2, -0.15) is 0 Å². The Morgan fingerprint density at radius 1 is 0.966 bits per heavy atom. The van der Waals surface area contributed by atoms with Crippen molar-refractivity contribution in [1.29, 1.82) is 0 Å². The molecule has 1 saturated heterocycles. The van der Waals surface area contributed by atoms with E-state index in [1.807, 2.05) is 53.4 Å². The second-order valence-corrected chi connectivity index (χ2v) is 7.28. The van der Waals surface area contributed by atoms with Crippen LogP contribution in [0.1, 0.15) is 17.5 Å². The van der Waals surface area contributed by atoms with Crippen molar-refractivity contribution in [3.05, 3.63) is 59.7 Å². The third-order valence-corrected chi connectivity index (χ3v) is 5.44. The third kappa shape index (κ3) is 4.88. The molecule has 6 heteroatoms. The van der Waals surface area contributed by atoms with Crippen LogP contribution in [0, 0.1) is 0 Å². The summed E-state index contributed by atoms with van der Waals surface area (Å²) in [6, 6.07) is 15.2. The van der Waals surface area contributed by atoms with E-state index in [9.17, 15) is 9.59 Å². The van der Waals surface area contributed by atoms with Crippen LogP contribution in [0.5, 0.6) is 11.5 Å². The standard InChI is InChI=1S/C23H28N2O4/c1-24(22(26)14-17-8-4-6-10-20(17)28-2)16-19-12-13-25(19)23(27)15-18-9-5-7-11-21(18)29-3/h4-11,19H,12-16H2,1-3H3. The summed E-state index contributed by atoms with van der Waals surface area (Å²) in [6.45, 7) is 1.26. The van der Waals surface area contributed by atoms with Crippen molar-refractivity contribution in [2.45, 2.75) is 25.3 Å². The quantitative estimate of drug-likeness (QED) is 0.688. The maximum atomic E-state index is 12.7. The van der Waals surface area contributed by atoms with Gasteiger partial charge in [0.05, 0.1) is 33.1 Å². The molecule has 1 unspecified atom stereocenters. The summed E-state index contributed by atoms with van der Waals surface area (Å²) in [7, 11) is 5.00. The maximum Gasteiger partial charge on any atom is 0.227 e. The molecule has 6 nitrogen and oxygen atoms in total. The highest BCUT2D eigenvalue weighted by atomic mass is 16.5. The van der Waals surface area contributed by atoms with Crippen molar-refractivity contribution < 1.29 is 19.1 Å². The van der Waals surface area contributed by atoms with Crippen molar-refractivity contribution in [1.82, 2.24) is 9.80 Å². The highest BCUT2D eigenvalue weighted by molar-refractivity contribution is 5.81. The summed E-state index contributed by atoms with van der Waals surface area (Å²) >= 11 is 0. The molecule has 0 radical (unpaired) electrons. The zero-order chi connectivity index (χ0) is 20.8. The predicted octanol–water partition coefficient (Wildman–Crippen LogP) is 2.55. The van der Waals surface area contributed by atoms with Crippen molar-refractivity contribution in [2.24, 2.45) is 0 Å². The fourth-order valence-electron chi connectivity index (χ4n) is 3.64. The molecule has 1 aliphatic rings. The molecule has 0 spiro atoms. The average molecular weight is 396 g/mol. The Morgan fingerprint density at radius 2 is 1.52 bits per heavy atom. The molecule has 0 bridgehead atoms. The van der Waals surface area contributed by atoms with E-state index in [4.69, 9.17) is 9.47 Å². The molecular formula is C23H28N2O4. The molecule has 1 atom stereocenters. The van der Waals surface area contributed by atoms with Gasteiger partial charge in [0.15, 0.2) is 0 Å². The average Bonchev–Trinajstić information content (AvgIpc) is 2.71. The number of nitrogens with zero attached hydrogens (tertiary/aromatic N) is 2. The number of carbonyl (C=O) groups is 2. The molecule has 2 aromatic rings. The molecule has 0 saturated carbocycles. The van der Waals surface area contributed by atoms with Crippen LogP contribution < -0.4 is 9.47 Å². The van der Waals surface area contributed by atoms with Crippen molar-refractivity contribution in [2.75, 3.05) is 34.4 Å². The lowest BCUT2D eigenvalue weighted by atomic mass is 10.00. The van der Waals surface area contributed by atoms with Crippen molar-refractivity contribution in [3.63, 3.8) is 0 Å². The van der Waals surface area contributed by atoms with Crippen LogP contribution in [0.15, 0.2) is 48.5 Å². The van der Waals surface area contributed by atoms with Crippen LogP contribution in [0.4, 0.5) is 0 Å². The minimum Gasteiger partial charge on any atom is -0.496 e. The van der Waals surface area contributed by atoms with Gasteiger partial charge in [0, 0.05) is 31.3 Å². The zero-order valence-electron chi connectivity index (χ0n) is 17.3. The lowest BCUT2D eigenvalue weighted by molar-refractivity contribution is -0.141. The number of carbonyl (C=O) groups excluding carboxylic acids is 2. The van der Waals surface area contributed by atoms with Gasteiger partial charge in [0.2, 0.25) is 11.8 Å². The molecule has 1 heterocycles. The number of amides is 2. The van der Waals surface area contributed by atoms with Crippen LogP contribution in [0.3, 0.4) is 0 Å². The normalized spacial score (nSPS) is 15.4. The van der Waals surface area contributed by atoms with Gasteiger partial charge in [-0.25, -0.2) is 0 Å². The Labute approximate surface area is 172 Å². The van der Waals surface area contributed by atoms with Gasteiger partial charge in [0.1, 0.15) is 11.5 Å². The van der Waals surface area contributed by atoms with Crippen LogP contribution in [0.25, 0.3) is 0 Å². The first kappa shape index (κ1) is 20.7. The van der Waals surface area contributed by atoms with E-state index in [0.29, 0.717) is 18.7 Å². The zero-order valence-corrected chi connectivity index (χ0v) is 17.3. The van der Waals surface area contributed by atoms with E-state index in [1.54, 1.807) is 26.2 Å². The third-order valence-electron chi connectivity index (χ3n) is 5.44. The first-order valence-corrected chi connectivity index (χ1v) is 9.80. The largest absolute Gasteiger partial charge is 0.496 e. The molecule has 0 N–H and O–H groups in total. The molecule has 2 amide bonds. The molecule has 154 valence electrons. The molecule has 0 aliphatic carbocycles. The Bertz CT molecular complexity index is 867. The van der Waals surface area contributed by atoms with Crippen LogP contribution in [-0.4, -0.2) is 62.0 Å². The predicted molar refractivity (Wildman–Crippen MR) is 111 cm³/mol. The SMILES string of the molecule is COc1ccccc1CC(=O)N(C)CC1CCN1C(=O)Cc1ccccc1OC. The highest BCUT2D eigenvalue weighted by Gasteiger charge is 2.33. The monoisotopic (exact) mass is 396 g/mol. The fraction of sp³-hybridized carbons (Fsp3) is 0.391. The van der Waals surface area contributed by atoms with E-state index in [1.165, 1.54) is 0 Å². The number of ether oxygens (including phenoxy) is 2. The molecule has 1 fully saturated rings. The Hall–Kier alpha value is -3.02. The second-order valence-electron chi connectivity index (χ2n) is 7.28. The molecule has 3 rings (SSSR count). The topological polar surface area (TPSA) is 59.1 Å². The summed E-state index contributed by atoms with van der Waals surface area (Å²) in [4.78, 5) is 29.0. The van der Waals surface area contributed by atoms with E-state index in [0.717, 1.165) is 29.8 Å². The number of hydrogen-bond donors (Lipinski definition) is 0. The fourth-order valence-corrected chi connectivity index (χ4v) is 3.64. The first-order chi connectivity index (χ1) is 14.0. The number of hydrogen-bond acceptors (Lipinski definition) is 4. The second kappa shape index (κ2) is 9.45. The van der Waals surface area contributed by atoms with Crippen molar-refractivity contribution >= 4 is 11.8 Å². The summed E-state index contributed by atoms with van der Waals surface area (Å²) < 4.78 is 10.7. The Balaban J connectivity index is 1.56. The van der Waals surface area contributed by atoms with Gasteiger partial charge in [-0.05, 0) is 18.6 Å². The Kier molecular flexibility index (Phi) is 6.75. The van der Waals surface area contributed by atoms with Crippen LogP contribution in [-0.2, 0) is 22.4 Å². The number of likely N-dealkylation sites (N-methyl/N-ethyl adjacent to an activating group) is 1. The molecular weight excluding hydrogens is 368 g/mol.